The molecule has 0 saturated carbocycles. The molecule has 5 nitrogen and oxygen atoms in total. The largest absolute Gasteiger partial charge is 0.455 e. The first kappa shape index (κ1) is 14.5. The van der Waals surface area contributed by atoms with Crippen molar-refractivity contribution in [1.82, 2.24) is 9.78 Å². The normalized spacial score (nSPS) is 12.8. The van der Waals surface area contributed by atoms with Crippen LogP contribution >= 0.6 is 0 Å². The average Bonchev–Trinajstić information content (AvgIpc) is 2.88. The second-order valence-electron chi connectivity index (χ2n) is 5.69. The molecule has 0 spiro atoms. The molecule has 0 bridgehead atoms. The SMILES string of the molecule is Cc1cc([C@@H](C)O)c2oc(-c3cnn(C)c3)c(C)c(=O)c2c1. The first-order valence-corrected chi connectivity index (χ1v) is 7.13. The molecule has 2 heterocycles. The van der Waals surface area contributed by atoms with Gasteiger partial charge in [0, 0.05) is 24.4 Å². The van der Waals surface area contributed by atoms with Crippen molar-refractivity contribution in [2.24, 2.45) is 7.05 Å². The van der Waals surface area contributed by atoms with E-state index in [0.29, 0.717) is 27.9 Å². The Balaban J connectivity index is 2.42. The van der Waals surface area contributed by atoms with Crippen LogP contribution in [0.4, 0.5) is 0 Å². The van der Waals surface area contributed by atoms with Crippen LogP contribution in [0.2, 0.25) is 0 Å². The van der Waals surface area contributed by atoms with E-state index in [4.69, 9.17) is 4.42 Å². The van der Waals surface area contributed by atoms with Crippen LogP contribution in [0.1, 0.15) is 29.7 Å². The highest BCUT2D eigenvalue weighted by Gasteiger charge is 2.18. The summed E-state index contributed by atoms with van der Waals surface area (Å²) in [5.74, 6) is 0.497. The van der Waals surface area contributed by atoms with Crippen LogP contribution in [0.15, 0.2) is 33.7 Å². The molecular weight excluding hydrogens is 280 g/mol. The van der Waals surface area contributed by atoms with Gasteiger partial charge in [-0.15, -0.1) is 0 Å². The van der Waals surface area contributed by atoms with E-state index >= 15 is 0 Å². The van der Waals surface area contributed by atoms with Crippen molar-refractivity contribution in [2.75, 3.05) is 0 Å². The van der Waals surface area contributed by atoms with E-state index < -0.39 is 6.10 Å². The predicted molar refractivity (Wildman–Crippen MR) is 84.8 cm³/mol. The van der Waals surface area contributed by atoms with Crippen LogP contribution in [-0.2, 0) is 7.05 Å². The maximum atomic E-state index is 12.7. The molecule has 1 N–H and O–H groups in total. The summed E-state index contributed by atoms with van der Waals surface area (Å²) in [5, 5.41) is 14.6. The lowest BCUT2D eigenvalue weighted by Gasteiger charge is -2.12. The number of aryl methyl sites for hydroxylation is 2. The fourth-order valence-electron chi connectivity index (χ4n) is 2.69. The van der Waals surface area contributed by atoms with Crippen molar-refractivity contribution < 1.29 is 9.52 Å². The van der Waals surface area contributed by atoms with Gasteiger partial charge in [-0.05, 0) is 38.5 Å². The molecule has 0 unspecified atom stereocenters. The van der Waals surface area contributed by atoms with E-state index in [1.54, 1.807) is 37.0 Å². The molecule has 0 aliphatic carbocycles. The minimum atomic E-state index is -0.713. The average molecular weight is 298 g/mol. The van der Waals surface area contributed by atoms with Gasteiger partial charge in [0.2, 0.25) is 0 Å². The Morgan fingerprint density at radius 1 is 1.32 bits per heavy atom. The fourth-order valence-corrected chi connectivity index (χ4v) is 2.69. The molecule has 3 aromatic rings. The van der Waals surface area contributed by atoms with Crippen LogP contribution in [0.3, 0.4) is 0 Å². The van der Waals surface area contributed by atoms with Crippen molar-refractivity contribution in [3.8, 4) is 11.3 Å². The Kier molecular flexibility index (Phi) is 3.37. The van der Waals surface area contributed by atoms with Crippen LogP contribution in [0.25, 0.3) is 22.3 Å². The van der Waals surface area contributed by atoms with Crippen LogP contribution in [0, 0.1) is 13.8 Å². The molecule has 22 heavy (non-hydrogen) atoms. The van der Waals surface area contributed by atoms with Crippen LogP contribution in [0.5, 0.6) is 0 Å². The highest BCUT2D eigenvalue weighted by molar-refractivity contribution is 5.84. The number of nitrogens with zero attached hydrogens (tertiary/aromatic N) is 2. The number of fused-ring (bicyclic) bond motifs is 1. The molecular formula is C17H18N2O3. The molecule has 0 aliphatic heterocycles. The molecule has 1 atom stereocenters. The van der Waals surface area contributed by atoms with Crippen molar-refractivity contribution in [1.29, 1.82) is 0 Å². The van der Waals surface area contributed by atoms with Crippen molar-refractivity contribution in [3.05, 3.63) is 51.4 Å². The number of aliphatic hydroxyl groups is 1. The Morgan fingerprint density at radius 3 is 2.64 bits per heavy atom. The number of aromatic nitrogens is 2. The standard InChI is InChI=1S/C17H18N2O3/c1-9-5-13(11(3)20)17-14(6-9)15(21)10(2)16(22-17)12-7-18-19(4)8-12/h5-8,11,20H,1-4H3/t11-/m1/s1. The predicted octanol–water partition coefficient (Wildman–Crippen LogP) is 2.86. The van der Waals surface area contributed by atoms with Gasteiger partial charge in [0.15, 0.2) is 5.43 Å². The lowest BCUT2D eigenvalue weighted by atomic mass is 10.0. The zero-order valence-electron chi connectivity index (χ0n) is 13.0. The maximum Gasteiger partial charge on any atom is 0.196 e. The third-order valence-electron chi connectivity index (χ3n) is 3.81. The van der Waals surface area contributed by atoms with Crippen molar-refractivity contribution in [3.63, 3.8) is 0 Å². The topological polar surface area (TPSA) is 68.3 Å². The van der Waals surface area contributed by atoms with Crippen LogP contribution < -0.4 is 5.43 Å². The minimum absolute atomic E-state index is 0.0781. The Bertz CT molecular complexity index is 920. The monoisotopic (exact) mass is 298 g/mol. The van der Waals surface area contributed by atoms with Gasteiger partial charge in [-0.3, -0.25) is 9.48 Å². The zero-order valence-corrected chi connectivity index (χ0v) is 13.0. The second-order valence-corrected chi connectivity index (χ2v) is 5.69. The molecule has 114 valence electrons. The maximum absolute atomic E-state index is 12.7. The Hall–Kier alpha value is -2.40. The van der Waals surface area contributed by atoms with Gasteiger partial charge in [-0.2, -0.15) is 5.10 Å². The van der Waals surface area contributed by atoms with Crippen molar-refractivity contribution in [2.45, 2.75) is 26.9 Å². The van der Waals surface area contributed by atoms with Gasteiger partial charge in [0.25, 0.3) is 0 Å². The third kappa shape index (κ3) is 2.23. The minimum Gasteiger partial charge on any atom is -0.455 e. The molecule has 0 fully saturated rings. The first-order chi connectivity index (χ1) is 10.4. The Labute approximate surface area is 127 Å². The number of aliphatic hydroxyl groups excluding tert-OH is 1. The molecule has 3 rings (SSSR count). The summed E-state index contributed by atoms with van der Waals surface area (Å²) in [6.45, 7) is 5.31. The number of hydrogen-bond acceptors (Lipinski definition) is 4. The summed E-state index contributed by atoms with van der Waals surface area (Å²) < 4.78 is 7.66. The molecule has 5 heteroatoms. The summed E-state index contributed by atoms with van der Waals surface area (Å²) in [6.07, 6.45) is 2.75. The molecule has 0 saturated heterocycles. The van der Waals surface area contributed by atoms with E-state index in [2.05, 4.69) is 5.10 Å². The van der Waals surface area contributed by atoms with Gasteiger partial charge in [-0.1, -0.05) is 0 Å². The highest BCUT2D eigenvalue weighted by Crippen LogP contribution is 2.30. The summed E-state index contributed by atoms with van der Waals surface area (Å²) in [4.78, 5) is 12.7. The lowest BCUT2D eigenvalue weighted by Crippen LogP contribution is -2.09. The molecule has 0 radical (unpaired) electrons. The number of benzene rings is 1. The molecule has 2 aromatic heterocycles. The quantitative estimate of drug-likeness (QED) is 0.790. The number of rotatable bonds is 2. The van der Waals surface area contributed by atoms with E-state index in [9.17, 15) is 9.90 Å². The third-order valence-corrected chi connectivity index (χ3v) is 3.81. The molecule has 1 aromatic carbocycles. The van der Waals surface area contributed by atoms with Gasteiger partial charge < -0.3 is 9.52 Å². The Morgan fingerprint density at radius 2 is 2.05 bits per heavy atom. The summed E-state index contributed by atoms with van der Waals surface area (Å²) >= 11 is 0. The second kappa shape index (κ2) is 5.10. The van der Waals surface area contributed by atoms with Crippen molar-refractivity contribution >= 4 is 11.0 Å². The van der Waals surface area contributed by atoms with Crippen LogP contribution in [-0.4, -0.2) is 14.9 Å². The summed E-state index contributed by atoms with van der Waals surface area (Å²) in [7, 11) is 1.81. The van der Waals surface area contributed by atoms with E-state index in [1.165, 1.54) is 0 Å². The molecule has 0 amide bonds. The number of hydrogen-bond donors (Lipinski definition) is 1. The fraction of sp³-hybridized carbons (Fsp3) is 0.294. The van der Waals surface area contributed by atoms with Gasteiger partial charge in [0.05, 0.1) is 23.3 Å². The smallest absolute Gasteiger partial charge is 0.196 e. The zero-order chi connectivity index (χ0) is 16.0. The summed E-state index contributed by atoms with van der Waals surface area (Å²) in [5.41, 5.74) is 3.20. The molecule has 0 aliphatic rings. The highest BCUT2D eigenvalue weighted by atomic mass is 16.3. The van der Waals surface area contributed by atoms with E-state index in [1.807, 2.05) is 20.0 Å². The van der Waals surface area contributed by atoms with E-state index in [0.717, 1.165) is 11.1 Å². The summed E-state index contributed by atoms with van der Waals surface area (Å²) in [6, 6.07) is 3.64. The van der Waals surface area contributed by atoms with Gasteiger partial charge >= 0.3 is 0 Å². The lowest BCUT2D eigenvalue weighted by molar-refractivity contribution is 0.199. The van der Waals surface area contributed by atoms with Gasteiger partial charge in [0.1, 0.15) is 11.3 Å². The van der Waals surface area contributed by atoms with E-state index in [-0.39, 0.29) is 5.43 Å². The first-order valence-electron chi connectivity index (χ1n) is 7.13. The van der Waals surface area contributed by atoms with Gasteiger partial charge in [-0.25, -0.2) is 0 Å².